The molecule has 0 aromatic heterocycles. The van der Waals surface area contributed by atoms with Gasteiger partial charge in [-0.1, -0.05) is 0 Å². The van der Waals surface area contributed by atoms with Crippen molar-refractivity contribution in [2.75, 3.05) is 32.8 Å². The fourth-order valence-electron chi connectivity index (χ4n) is 3.21. The van der Waals surface area contributed by atoms with E-state index in [1.165, 1.54) is 32.5 Å². The van der Waals surface area contributed by atoms with Crippen molar-refractivity contribution in [2.45, 2.75) is 51.7 Å². The second-order valence-corrected chi connectivity index (χ2v) is 5.35. The smallest absolute Gasteiger partial charge is 0.0619 e. The third-order valence-electron chi connectivity index (χ3n) is 4.11. The van der Waals surface area contributed by atoms with Gasteiger partial charge in [0.25, 0.3) is 0 Å². The molecule has 0 spiro atoms. The van der Waals surface area contributed by atoms with Gasteiger partial charge >= 0.3 is 0 Å². The first kappa shape index (κ1) is 12.3. The van der Waals surface area contributed by atoms with Crippen LogP contribution in [0.1, 0.15) is 33.6 Å². The van der Waals surface area contributed by atoms with Crippen LogP contribution in [0.15, 0.2) is 0 Å². The van der Waals surface area contributed by atoms with Crippen LogP contribution >= 0.6 is 0 Å². The number of fused-ring (bicyclic) bond motifs is 1. The molecule has 0 amide bonds. The molecule has 0 bridgehead atoms. The maximum absolute atomic E-state index is 5.55. The number of piperazine rings is 1. The largest absolute Gasteiger partial charge is 0.380 e. The molecule has 0 N–H and O–H groups in total. The Morgan fingerprint density at radius 2 is 2.19 bits per heavy atom. The lowest BCUT2D eigenvalue weighted by molar-refractivity contribution is -0.00106. The number of ether oxygens (including phenoxy) is 1. The van der Waals surface area contributed by atoms with E-state index in [4.69, 9.17) is 4.74 Å². The van der Waals surface area contributed by atoms with E-state index in [-0.39, 0.29) is 0 Å². The molecule has 2 rings (SSSR count). The highest BCUT2D eigenvalue weighted by Gasteiger charge is 2.35. The summed E-state index contributed by atoms with van der Waals surface area (Å²) in [5, 5.41) is 0. The van der Waals surface area contributed by atoms with Crippen LogP contribution in [0.3, 0.4) is 0 Å². The Morgan fingerprint density at radius 3 is 2.94 bits per heavy atom. The van der Waals surface area contributed by atoms with Crippen LogP contribution in [0.5, 0.6) is 0 Å². The van der Waals surface area contributed by atoms with E-state index >= 15 is 0 Å². The average Bonchev–Trinajstić information content (AvgIpc) is 2.71. The maximum Gasteiger partial charge on any atom is 0.0619 e. The lowest BCUT2D eigenvalue weighted by atomic mass is 10.1. The molecule has 2 fully saturated rings. The minimum Gasteiger partial charge on any atom is -0.380 e. The molecule has 3 heteroatoms. The topological polar surface area (TPSA) is 15.7 Å². The van der Waals surface area contributed by atoms with E-state index in [9.17, 15) is 0 Å². The summed E-state index contributed by atoms with van der Waals surface area (Å²) in [4.78, 5) is 5.32. The van der Waals surface area contributed by atoms with Gasteiger partial charge in [0.15, 0.2) is 0 Å². The molecule has 0 aromatic rings. The van der Waals surface area contributed by atoms with Gasteiger partial charge < -0.3 is 4.74 Å². The Hall–Kier alpha value is -0.120. The van der Waals surface area contributed by atoms with E-state index in [2.05, 4.69) is 30.6 Å². The number of hydrogen-bond acceptors (Lipinski definition) is 3. The van der Waals surface area contributed by atoms with Gasteiger partial charge in [-0.15, -0.1) is 0 Å². The third kappa shape index (κ3) is 2.58. The minimum atomic E-state index is 0.567. The molecule has 3 atom stereocenters. The molecule has 0 radical (unpaired) electrons. The van der Waals surface area contributed by atoms with Crippen molar-refractivity contribution in [1.29, 1.82) is 0 Å². The molecular weight excluding hydrogens is 200 g/mol. The van der Waals surface area contributed by atoms with Crippen molar-refractivity contribution >= 4 is 0 Å². The number of rotatable bonds is 4. The number of hydrogen-bond donors (Lipinski definition) is 0. The molecule has 2 heterocycles. The van der Waals surface area contributed by atoms with Crippen LogP contribution in [0, 0.1) is 0 Å². The highest BCUT2D eigenvalue weighted by molar-refractivity contribution is 4.92. The van der Waals surface area contributed by atoms with Crippen molar-refractivity contribution in [1.82, 2.24) is 9.80 Å². The fraction of sp³-hybridized carbons (Fsp3) is 1.00. The first-order valence-corrected chi connectivity index (χ1v) is 6.80. The molecule has 2 aliphatic rings. The van der Waals surface area contributed by atoms with Crippen LogP contribution in [0.4, 0.5) is 0 Å². The molecule has 3 nitrogen and oxygen atoms in total. The van der Waals surface area contributed by atoms with Gasteiger partial charge in [-0.25, -0.2) is 0 Å². The quantitative estimate of drug-likeness (QED) is 0.724. The Kier molecular flexibility index (Phi) is 4.22. The number of nitrogens with zero attached hydrogens (tertiary/aromatic N) is 2. The highest BCUT2D eigenvalue weighted by Crippen LogP contribution is 2.25. The van der Waals surface area contributed by atoms with Gasteiger partial charge in [0, 0.05) is 37.8 Å². The van der Waals surface area contributed by atoms with Crippen LogP contribution in [-0.4, -0.2) is 60.8 Å². The van der Waals surface area contributed by atoms with Crippen molar-refractivity contribution in [3.8, 4) is 0 Å². The standard InChI is InChI=1S/C13H26N2O/c1-4-16-10-12(3)15-9-13-6-5-7-14(13)8-11(15)2/h11-13H,4-10H2,1-3H3. The molecule has 94 valence electrons. The summed E-state index contributed by atoms with van der Waals surface area (Å²) < 4.78 is 5.55. The average molecular weight is 226 g/mol. The van der Waals surface area contributed by atoms with Crippen LogP contribution < -0.4 is 0 Å². The Morgan fingerprint density at radius 1 is 1.38 bits per heavy atom. The lowest BCUT2D eigenvalue weighted by Crippen LogP contribution is -2.58. The molecule has 16 heavy (non-hydrogen) atoms. The highest BCUT2D eigenvalue weighted by atomic mass is 16.5. The van der Waals surface area contributed by atoms with Crippen LogP contribution in [-0.2, 0) is 4.74 Å². The summed E-state index contributed by atoms with van der Waals surface area (Å²) in [6.45, 7) is 12.3. The first-order valence-electron chi connectivity index (χ1n) is 6.80. The van der Waals surface area contributed by atoms with Gasteiger partial charge in [-0.3, -0.25) is 9.80 Å². The van der Waals surface area contributed by atoms with Crippen molar-refractivity contribution in [3.63, 3.8) is 0 Å². The SMILES string of the molecule is CCOCC(C)N1CC2CCCN2CC1C. The van der Waals surface area contributed by atoms with Gasteiger partial charge in [0.05, 0.1) is 6.61 Å². The zero-order chi connectivity index (χ0) is 11.5. The zero-order valence-electron chi connectivity index (χ0n) is 11.0. The van der Waals surface area contributed by atoms with E-state index in [0.29, 0.717) is 12.1 Å². The summed E-state index contributed by atoms with van der Waals surface area (Å²) in [5.41, 5.74) is 0. The molecule has 2 saturated heterocycles. The predicted octanol–water partition coefficient (Wildman–Crippen LogP) is 1.58. The van der Waals surface area contributed by atoms with Crippen molar-refractivity contribution < 1.29 is 4.74 Å². The summed E-state index contributed by atoms with van der Waals surface area (Å²) in [6.07, 6.45) is 2.79. The van der Waals surface area contributed by atoms with Gasteiger partial charge in [0.1, 0.15) is 0 Å². The Bertz CT molecular complexity index is 222. The first-order chi connectivity index (χ1) is 7.72. The second-order valence-electron chi connectivity index (χ2n) is 5.35. The second kappa shape index (κ2) is 5.48. The summed E-state index contributed by atoms with van der Waals surface area (Å²) in [7, 11) is 0. The zero-order valence-corrected chi connectivity index (χ0v) is 11.0. The summed E-state index contributed by atoms with van der Waals surface area (Å²) >= 11 is 0. The molecule has 3 unspecified atom stereocenters. The molecular formula is C13H26N2O. The van der Waals surface area contributed by atoms with Crippen LogP contribution in [0.2, 0.25) is 0 Å². The van der Waals surface area contributed by atoms with E-state index in [1.54, 1.807) is 0 Å². The van der Waals surface area contributed by atoms with Crippen molar-refractivity contribution in [3.05, 3.63) is 0 Å². The van der Waals surface area contributed by atoms with E-state index < -0.39 is 0 Å². The van der Waals surface area contributed by atoms with Gasteiger partial charge in [0.2, 0.25) is 0 Å². The molecule has 2 aliphatic heterocycles. The Balaban J connectivity index is 1.88. The monoisotopic (exact) mass is 226 g/mol. The van der Waals surface area contributed by atoms with Gasteiger partial charge in [-0.05, 0) is 40.2 Å². The minimum absolute atomic E-state index is 0.567. The molecule has 0 aliphatic carbocycles. The fourth-order valence-corrected chi connectivity index (χ4v) is 3.21. The summed E-state index contributed by atoms with van der Waals surface area (Å²) in [5.74, 6) is 0. The maximum atomic E-state index is 5.55. The van der Waals surface area contributed by atoms with E-state index in [0.717, 1.165) is 19.3 Å². The third-order valence-corrected chi connectivity index (χ3v) is 4.11. The van der Waals surface area contributed by atoms with Crippen molar-refractivity contribution in [2.24, 2.45) is 0 Å². The van der Waals surface area contributed by atoms with Crippen LogP contribution in [0.25, 0.3) is 0 Å². The molecule has 0 aromatic carbocycles. The normalized spacial score (nSPS) is 33.9. The summed E-state index contributed by atoms with van der Waals surface area (Å²) in [6, 6.07) is 2.07. The Labute approximate surface area is 99.7 Å². The van der Waals surface area contributed by atoms with E-state index in [1.807, 2.05) is 0 Å². The van der Waals surface area contributed by atoms with Gasteiger partial charge in [-0.2, -0.15) is 0 Å². The predicted molar refractivity (Wildman–Crippen MR) is 66.7 cm³/mol. The lowest BCUT2D eigenvalue weighted by Gasteiger charge is -2.45. The molecule has 0 saturated carbocycles.